The Morgan fingerprint density at radius 2 is 1.47 bits per heavy atom. The van der Waals surface area contributed by atoms with Gasteiger partial charge in [0.2, 0.25) is 0 Å². The van der Waals surface area contributed by atoms with Crippen LogP contribution in [-0.4, -0.2) is 0 Å². The third-order valence-corrected chi connectivity index (χ3v) is 2.78. The van der Waals surface area contributed by atoms with Gasteiger partial charge in [-0.2, -0.15) is 0 Å². The van der Waals surface area contributed by atoms with Crippen LogP contribution in [0.5, 0.6) is 0 Å². The molecule has 0 spiro atoms. The number of hydrogen-bond donors (Lipinski definition) is 0. The maximum atomic E-state index is 5.97. The van der Waals surface area contributed by atoms with E-state index >= 15 is 0 Å². The normalized spacial score (nSPS) is 23.5. The summed E-state index contributed by atoms with van der Waals surface area (Å²) in [6, 6.07) is 8.42. The van der Waals surface area contributed by atoms with E-state index in [1.807, 2.05) is 12.2 Å². The monoisotopic (exact) mass is 200 g/mol. The molecule has 0 fully saturated rings. The molecule has 1 heterocycles. The number of rotatable bonds is 4. The van der Waals surface area contributed by atoms with Crippen LogP contribution in [0.25, 0.3) is 0 Å². The predicted octanol–water partition coefficient (Wildman–Crippen LogP) is 3.95. The first-order valence-corrected chi connectivity index (χ1v) is 5.33. The molecule has 2 atom stereocenters. The Morgan fingerprint density at radius 3 is 1.87 bits per heavy atom. The highest BCUT2D eigenvalue weighted by molar-refractivity contribution is 5.35. The first-order chi connectivity index (χ1) is 7.36. The summed E-state index contributed by atoms with van der Waals surface area (Å²) in [6.07, 6.45) is 5.96. The largest absolute Gasteiger partial charge is 0.365 e. The fourth-order valence-corrected chi connectivity index (χ4v) is 2.11. The maximum absolute atomic E-state index is 5.97. The molecular formula is C14H16O. The Hall–Kier alpha value is -1.34. The van der Waals surface area contributed by atoms with Crippen LogP contribution in [-0.2, 0) is 4.74 Å². The van der Waals surface area contributed by atoms with E-state index in [1.165, 1.54) is 11.1 Å². The van der Waals surface area contributed by atoms with E-state index in [1.54, 1.807) is 0 Å². The van der Waals surface area contributed by atoms with E-state index in [-0.39, 0.29) is 12.2 Å². The first kappa shape index (κ1) is 10.2. The second-order valence-electron chi connectivity index (χ2n) is 3.79. The molecule has 1 aliphatic rings. The molecule has 1 aliphatic heterocycles. The predicted molar refractivity (Wildman–Crippen MR) is 62.6 cm³/mol. The zero-order valence-electron chi connectivity index (χ0n) is 8.86. The number of ether oxygens (including phenoxy) is 1. The molecule has 78 valence electrons. The van der Waals surface area contributed by atoms with Gasteiger partial charge in [0.05, 0.1) is 12.2 Å². The van der Waals surface area contributed by atoms with Gasteiger partial charge in [-0.05, 0) is 24.0 Å². The number of hydrogen-bond acceptors (Lipinski definition) is 1. The van der Waals surface area contributed by atoms with Crippen molar-refractivity contribution < 1.29 is 4.74 Å². The molecule has 0 saturated heterocycles. The van der Waals surface area contributed by atoms with Gasteiger partial charge in [0.25, 0.3) is 0 Å². The standard InChI is InChI=1S/C14H16O/c1-3-7-13-11-9-5-6-10-12(11)14(15-13)8-4-2/h3-6,9-10,13-14H,1-2,7-8H2. The average Bonchev–Trinajstić information content (AvgIpc) is 2.59. The van der Waals surface area contributed by atoms with Gasteiger partial charge in [-0.1, -0.05) is 36.4 Å². The molecule has 1 aromatic carbocycles. The summed E-state index contributed by atoms with van der Waals surface area (Å²) in [5.74, 6) is 0. The number of benzene rings is 1. The summed E-state index contributed by atoms with van der Waals surface area (Å²) in [5.41, 5.74) is 2.62. The Bertz CT molecular complexity index is 332. The van der Waals surface area contributed by atoms with Gasteiger partial charge in [0.1, 0.15) is 0 Å². The summed E-state index contributed by atoms with van der Waals surface area (Å²) in [5, 5.41) is 0. The van der Waals surface area contributed by atoms with E-state index in [9.17, 15) is 0 Å². The first-order valence-electron chi connectivity index (χ1n) is 5.33. The van der Waals surface area contributed by atoms with Crippen molar-refractivity contribution in [1.82, 2.24) is 0 Å². The van der Waals surface area contributed by atoms with E-state index in [0.717, 1.165) is 12.8 Å². The Kier molecular flexibility index (Phi) is 3.02. The summed E-state index contributed by atoms with van der Waals surface area (Å²) in [7, 11) is 0. The Labute approximate surface area is 91.1 Å². The second kappa shape index (κ2) is 4.45. The topological polar surface area (TPSA) is 9.23 Å². The van der Waals surface area contributed by atoms with Crippen LogP contribution >= 0.6 is 0 Å². The molecule has 0 amide bonds. The fraction of sp³-hybridized carbons (Fsp3) is 0.286. The minimum absolute atomic E-state index is 0.184. The second-order valence-corrected chi connectivity index (χ2v) is 3.79. The van der Waals surface area contributed by atoms with E-state index in [4.69, 9.17) is 4.74 Å². The zero-order chi connectivity index (χ0) is 10.7. The average molecular weight is 200 g/mol. The summed E-state index contributed by atoms with van der Waals surface area (Å²) in [6.45, 7) is 7.54. The molecular weight excluding hydrogens is 184 g/mol. The lowest BCUT2D eigenvalue weighted by Gasteiger charge is -2.10. The molecule has 1 aromatic rings. The van der Waals surface area contributed by atoms with E-state index in [0.29, 0.717) is 0 Å². The Morgan fingerprint density at radius 1 is 1.00 bits per heavy atom. The van der Waals surface area contributed by atoms with Crippen molar-refractivity contribution in [3.8, 4) is 0 Å². The van der Waals surface area contributed by atoms with Gasteiger partial charge in [0, 0.05) is 0 Å². The molecule has 15 heavy (non-hydrogen) atoms. The van der Waals surface area contributed by atoms with Crippen LogP contribution in [0.4, 0.5) is 0 Å². The van der Waals surface area contributed by atoms with Crippen LogP contribution < -0.4 is 0 Å². The third-order valence-electron chi connectivity index (χ3n) is 2.78. The molecule has 0 saturated carbocycles. The van der Waals surface area contributed by atoms with Gasteiger partial charge < -0.3 is 4.74 Å². The molecule has 0 aliphatic carbocycles. The van der Waals surface area contributed by atoms with Gasteiger partial charge in [0.15, 0.2) is 0 Å². The summed E-state index contributed by atoms with van der Waals surface area (Å²) >= 11 is 0. The SMILES string of the molecule is C=CCC1OC(CC=C)c2ccccc21. The van der Waals surface area contributed by atoms with Gasteiger partial charge in [-0.15, -0.1) is 13.2 Å². The molecule has 0 radical (unpaired) electrons. The van der Waals surface area contributed by atoms with Crippen molar-refractivity contribution in [2.75, 3.05) is 0 Å². The highest BCUT2D eigenvalue weighted by atomic mass is 16.5. The van der Waals surface area contributed by atoms with Crippen molar-refractivity contribution >= 4 is 0 Å². The van der Waals surface area contributed by atoms with E-state index < -0.39 is 0 Å². The van der Waals surface area contributed by atoms with E-state index in [2.05, 4.69) is 37.4 Å². The Balaban J connectivity index is 2.30. The lowest BCUT2D eigenvalue weighted by atomic mass is 9.99. The molecule has 2 unspecified atom stereocenters. The van der Waals surface area contributed by atoms with Crippen LogP contribution in [0.1, 0.15) is 36.2 Å². The van der Waals surface area contributed by atoms with Gasteiger partial charge >= 0.3 is 0 Å². The molecule has 0 N–H and O–H groups in total. The highest BCUT2D eigenvalue weighted by Crippen LogP contribution is 2.42. The molecule has 0 aromatic heterocycles. The zero-order valence-corrected chi connectivity index (χ0v) is 8.86. The lowest BCUT2D eigenvalue weighted by Crippen LogP contribution is -1.96. The van der Waals surface area contributed by atoms with Crippen molar-refractivity contribution in [1.29, 1.82) is 0 Å². The van der Waals surface area contributed by atoms with Crippen molar-refractivity contribution in [3.63, 3.8) is 0 Å². The quantitative estimate of drug-likeness (QED) is 0.669. The molecule has 1 heteroatoms. The van der Waals surface area contributed by atoms with Crippen molar-refractivity contribution in [2.24, 2.45) is 0 Å². The minimum Gasteiger partial charge on any atom is -0.365 e. The smallest absolute Gasteiger partial charge is 0.0871 e. The van der Waals surface area contributed by atoms with Crippen LogP contribution in [0, 0.1) is 0 Å². The summed E-state index contributed by atoms with van der Waals surface area (Å²) < 4.78 is 5.97. The van der Waals surface area contributed by atoms with Crippen molar-refractivity contribution in [2.45, 2.75) is 25.0 Å². The molecule has 2 rings (SSSR count). The van der Waals surface area contributed by atoms with Crippen LogP contribution in [0.15, 0.2) is 49.6 Å². The van der Waals surface area contributed by atoms with Gasteiger partial charge in [-0.3, -0.25) is 0 Å². The minimum atomic E-state index is 0.184. The van der Waals surface area contributed by atoms with Crippen LogP contribution in [0.2, 0.25) is 0 Å². The molecule has 0 bridgehead atoms. The van der Waals surface area contributed by atoms with Crippen LogP contribution in [0.3, 0.4) is 0 Å². The number of fused-ring (bicyclic) bond motifs is 1. The van der Waals surface area contributed by atoms with Crippen molar-refractivity contribution in [3.05, 3.63) is 60.7 Å². The highest BCUT2D eigenvalue weighted by Gasteiger charge is 2.29. The third kappa shape index (κ3) is 1.88. The fourth-order valence-electron chi connectivity index (χ4n) is 2.11. The van der Waals surface area contributed by atoms with Gasteiger partial charge in [-0.25, -0.2) is 0 Å². The maximum Gasteiger partial charge on any atom is 0.0871 e. The summed E-state index contributed by atoms with van der Waals surface area (Å²) in [4.78, 5) is 0. The lowest BCUT2D eigenvalue weighted by molar-refractivity contribution is 0.0150. The molecule has 1 nitrogen and oxygen atoms in total.